The Morgan fingerprint density at radius 1 is 1.14 bits per heavy atom. The number of ketones is 1. The van der Waals surface area contributed by atoms with Gasteiger partial charge in [0.15, 0.2) is 5.78 Å². The summed E-state index contributed by atoms with van der Waals surface area (Å²) in [5.41, 5.74) is 2.35. The van der Waals surface area contributed by atoms with Crippen LogP contribution in [0.2, 0.25) is 0 Å². The largest absolute Gasteiger partial charge is 0.391 e. The molecule has 0 bridgehead atoms. The van der Waals surface area contributed by atoms with Gasteiger partial charge in [0.1, 0.15) is 0 Å². The highest BCUT2D eigenvalue weighted by molar-refractivity contribution is 5.98. The number of benzene rings is 2. The first kappa shape index (κ1) is 19.7. The standard InChI is InChI=1S/C21H22N2O5/c1-14-2-4-15(5-3-14)6-11-20(25)19-12-18(24)13-22(19)21(26)16-7-9-17(10-8-16)23(27)28/h2-5,7-10,18-19,24H,6,11-13H2,1H3/t18-,19+/m1/s1. The monoisotopic (exact) mass is 382 g/mol. The molecule has 0 aliphatic carbocycles. The molecule has 7 nitrogen and oxygen atoms in total. The average molecular weight is 382 g/mol. The third-order valence-corrected chi connectivity index (χ3v) is 5.02. The lowest BCUT2D eigenvalue weighted by Gasteiger charge is -2.23. The Balaban J connectivity index is 1.69. The summed E-state index contributed by atoms with van der Waals surface area (Å²) in [4.78, 5) is 37.1. The average Bonchev–Trinajstić information content (AvgIpc) is 3.08. The summed E-state index contributed by atoms with van der Waals surface area (Å²) in [6, 6.07) is 12.5. The summed E-state index contributed by atoms with van der Waals surface area (Å²) >= 11 is 0. The van der Waals surface area contributed by atoms with E-state index in [0.29, 0.717) is 6.42 Å². The van der Waals surface area contributed by atoms with Gasteiger partial charge in [0.25, 0.3) is 11.6 Å². The van der Waals surface area contributed by atoms with Crippen LogP contribution >= 0.6 is 0 Å². The molecule has 146 valence electrons. The quantitative estimate of drug-likeness (QED) is 0.611. The number of rotatable bonds is 6. The van der Waals surface area contributed by atoms with Crippen LogP contribution in [0.4, 0.5) is 5.69 Å². The predicted octanol–water partition coefficient (Wildman–Crippen LogP) is 2.68. The molecular formula is C21H22N2O5. The minimum absolute atomic E-state index is 0.0801. The van der Waals surface area contributed by atoms with Gasteiger partial charge in [0, 0.05) is 37.1 Å². The summed E-state index contributed by atoms with van der Waals surface area (Å²) in [6.07, 6.45) is 0.316. The van der Waals surface area contributed by atoms with Gasteiger partial charge < -0.3 is 10.0 Å². The number of non-ortho nitro benzene ring substituents is 1. The van der Waals surface area contributed by atoms with Crippen molar-refractivity contribution in [2.24, 2.45) is 0 Å². The number of nitrogens with zero attached hydrogens (tertiary/aromatic N) is 2. The Kier molecular flexibility index (Phi) is 5.84. The van der Waals surface area contributed by atoms with Crippen LogP contribution in [0, 0.1) is 17.0 Å². The van der Waals surface area contributed by atoms with E-state index in [2.05, 4.69) is 0 Å². The van der Waals surface area contributed by atoms with Crippen LogP contribution in [0.15, 0.2) is 48.5 Å². The van der Waals surface area contributed by atoms with Crippen LogP contribution in [0.1, 0.15) is 34.3 Å². The Hall–Kier alpha value is -3.06. The van der Waals surface area contributed by atoms with E-state index >= 15 is 0 Å². The van der Waals surface area contributed by atoms with Crippen LogP contribution in [0.25, 0.3) is 0 Å². The van der Waals surface area contributed by atoms with Crippen molar-refractivity contribution in [1.82, 2.24) is 4.90 Å². The van der Waals surface area contributed by atoms with Crippen LogP contribution in [0.5, 0.6) is 0 Å². The van der Waals surface area contributed by atoms with Gasteiger partial charge in [-0.2, -0.15) is 0 Å². The molecule has 1 heterocycles. The molecular weight excluding hydrogens is 360 g/mol. The lowest BCUT2D eigenvalue weighted by atomic mass is 10.0. The van der Waals surface area contributed by atoms with Crippen molar-refractivity contribution in [3.8, 4) is 0 Å². The summed E-state index contributed by atoms with van der Waals surface area (Å²) in [5.74, 6) is -0.493. The highest BCUT2D eigenvalue weighted by Crippen LogP contribution is 2.24. The first-order valence-electron chi connectivity index (χ1n) is 9.17. The molecule has 1 aliphatic rings. The number of likely N-dealkylation sites (tertiary alicyclic amines) is 1. The number of hydrogen-bond donors (Lipinski definition) is 1. The number of Topliss-reactive ketones (excluding diaryl/α,β-unsaturated/α-hetero) is 1. The number of aliphatic hydroxyl groups is 1. The van der Waals surface area contributed by atoms with Gasteiger partial charge in [0.2, 0.25) is 0 Å². The molecule has 2 atom stereocenters. The smallest absolute Gasteiger partial charge is 0.269 e. The van der Waals surface area contributed by atoms with Crippen molar-refractivity contribution in [2.75, 3.05) is 6.54 Å². The summed E-state index contributed by atoms with van der Waals surface area (Å²) in [6.45, 7) is 2.08. The number of carbonyl (C=O) groups is 2. The van der Waals surface area contributed by atoms with Crippen LogP contribution in [-0.2, 0) is 11.2 Å². The molecule has 28 heavy (non-hydrogen) atoms. The van der Waals surface area contributed by atoms with E-state index in [4.69, 9.17) is 0 Å². The summed E-state index contributed by atoms with van der Waals surface area (Å²) < 4.78 is 0. The first-order valence-corrected chi connectivity index (χ1v) is 9.17. The van der Waals surface area contributed by atoms with Crippen LogP contribution in [-0.4, -0.2) is 45.3 Å². The fraction of sp³-hybridized carbons (Fsp3) is 0.333. The number of hydrogen-bond acceptors (Lipinski definition) is 5. The van der Waals surface area contributed by atoms with Crippen molar-refractivity contribution in [3.05, 3.63) is 75.3 Å². The lowest BCUT2D eigenvalue weighted by molar-refractivity contribution is -0.384. The van der Waals surface area contributed by atoms with Gasteiger partial charge >= 0.3 is 0 Å². The minimum Gasteiger partial charge on any atom is -0.391 e. The normalized spacial score (nSPS) is 18.9. The molecule has 3 rings (SSSR count). The predicted molar refractivity (Wildman–Crippen MR) is 103 cm³/mol. The van der Waals surface area contributed by atoms with Crippen LogP contribution < -0.4 is 0 Å². The molecule has 0 aromatic heterocycles. The molecule has 0 unspecified atom stereocenters. The first-order chi connectivity index (χ1) is 13.3. The second-order valence-corrected chi connectivity index (χ2v) is 7.12. The maximum absolute atomic E-state index is 12.8. The molecule has 1 N–H and O–H groups in total. The van der Waals surface area contributed by atoms with E-state index in [-0.39, 0.29) is 36.4 Å². The summed E-state index contributed by atoms with van der Waals surface area (Å²) in [7, 11) is 0. The third-order valence-electron chi connectivity index (χ3n) is 5.02. The minimum atomic E-state index is -0.754. The Labute approximate surface area is 162 Å². The molecule has 1 amide bonds. The number of aryl methyl sites for hydroxylation is 2. The second kappa shape index (κ2) is 8.31. The highest BCUT2D eigenvalue weighted by Gasteiger charge is 2.38. The second-order valence-electron chi connectivity index (χ2n) is 7.12. The van der Waals surface area contributed by atoms with Gasteiger partial charge in [-0.05, 0) is 31.0 Å². The molecule has 0 radical (unpaired) electrons. The maximum atomic E-state index is 12.8. The summed E-state index contributed by atoms with van der Waals surface area (Å²) in [5, 5.41) is 20.8. The zero-order valence-electron chi connectivity index (χ0n) is 15.6. The fourth-order valence-electron chi connectivity index (χ4n) is 3.42. The number of amides is 1. The van der Waals surface area contributed by atoms with Crippen molar-refractivity contribution in [1.29, 1.82) is 0 Å². The van der Waals surface area contributed by atoms with Crippen molar-refractivity contribution >= 4 is 17.4 Å². The Morgan fingerprint density at radius 2 is 1.79 bits per heavy atom. The molecule has 2 aromatic carbocycles. The number of nitro benzene ring substituents is 1. The van der Waals surface area contributed by atoms with E-state index in [9.17, 15) is 24.8 Å². The molecule has 0 saturated carbocycles. The fourth-order valence-corrected chi connectivity index (χ4v) is 3.42. The molecule has 7 heteroatoms. The Morgan fingerprint density at radius 3 is 2.39 bits per heavy atom. The van der Waals surface area contributed by atoms with Crippen molar-refractivity contribution in [2.45, 2.75) is 38.3 Å². The van der Waals surface area contributed by atoms with Gasteiger partial charge in [-0.25, -0.2) is 0 Å². The highest BCUT2D eigenvalue weighted by atomic mass is 16.6. The zero-order valence-corrected chi connectivity index (χ0v) is 15.6. The number of β-amino-alcohol motifs (C(OH)–C–C–N with tert-alkyl or cyclic N) is 1. The lowest BCUT2D eigenvalue weighted by Crippen LogP contribution is -2.40. The Bertz CT molecular complexity index is 877. The van der Waals surface area contributed by atoms with Gasteiger partial charge in [-0.3, -0.25) is 19.7 Å². The molecule has 1 aliphatic heterocycles. The number of aliphatic hydroxyl groups excluding tert-OH is 1. The van der Waals surface area contributed by atoms with E-state index in [1.165, 1.54) is 29.2 Å². The van der Waals surface area contributed by atoms with E-state index in [0.717, 1.165) is 11.1 Å². The van der Waals surface area contributed by atoms with Crippen molar-refractivity contribution in [3.63, 3.8) is 0 Å². The number of carbonyl (C=O) groups excluding carboxylic acids is 2. The van der Waals surface area contributed by atoms with E-state index in [1.807, 2.05) is 31.2 Å². The van der Waals surface area contributed by atoms with Gasteiger partial charge in [0.05, 0.1) is 17.1 Å². The van der Waals surface area contributed by atoms with E-state index < -0.39 is 23.0 Å². The van der Waals surface area contributed by atoms with Crippen LogP contribution in [0.3, 0.4) is 0 Å². The molecule has 0 spiro atoms. The molecule has 1 saturated heterocycles. The molecule has 2 aromatic rings. The number of nitro groups is 1. The third kappa shape index (κ3) is 4.43. The maximum Gasteiger partial charge on any atom is 0.269 e. The van der Waals surface area contributed by atoms with E-state index in [1.54, 1.807) is 0 Å². The van der Waals surface area contributed by atoms with Crippen molar-refractivity contribution < 1.29 is 19.6 Å². The topological polar surface area (TPSA) is 101 Å². The van der Waals surface area contributed by atoms with Gasteiger partial charge in [-0.1, -0.05) is 29.8 Å². The zero-order chi connectivity index (χ0) is 20.3. The van der Waals surface area contributed by atoms with Gasteiger partial charge in [-0.15, -0.1) is 0 Å². The SMILES string of the molecule is Cc1ccc(CCC(=O)[C@@H]2C[C@@H](O)CN2C(=O)c2ccc([N+](=O)[O-])cc2)cc1. The molecule has 1 fully saturated rings.